The number of aryl methyl sites for hydroxylation is 1. The number of carbonyl (C=O) groups excluding carboxylic acids is 1. The first-order valence-electron chi connectivity index (χ1n) is 11.5. The molecule has 2 fully saturated rings. The number of aliphatic imine (C=N–C) groups is 1. The molecule has 164 valence electrons. The first kappa shape index (κ1) is 21.1. The maximum absolute atomic E-state index is 13.8. The second kappa shape index (κ2) is 8.62. The Bertz CT molecular complexity index is 1220. The van der Waals surface area contributed by atoms with Gasteiger partial charge in [-0.05, 0) is 61.7 Å². The Morgan fingerprint density at radius 3 is 2.53 bits per heavy atom. The number of para-hydroxylation sites is 2. The number of benzene rings is 2. The minimum Gasteiger partial charge on any atom is -0.347 e. The van der Waals surface area contributed by atoms with Crippen LogP contribution in [-0.4, -0.2) is 26.6 Å². The fourth-order valence-corrected chi connectivity index (χ4v) is 6.04. The molecule has 32 heavy (non-hydrogen) atoms. The van der Waals surface area contributed by atoms with Crippen molar-refractivity contribution in [1.29, 1.82) is 0 Å². The van der Waals surface area contributed by atoms with Crippen LogP contribution in [0.25, 0.3) is 17.0 Å². The standard InChI is InChI=1S/C27H29N3OS/c1-18-11-7-9-15-23(18)30-26(31)25(32-27(30)28-20-12-5-4-6-13-20)17-22-19(2)29(3)24-16-10-8-14-21(22)24/h4-6,8,10,12-14,16-18,23H,7,9,11,15H2,1-3H3/b25-17-,28-27?/t18-,23-/m1/s1. The molecule has 1 saturated heterocycles. The second-order valence-electron chi connectivity index (χ2n) is 8.92. The maximum Gasteiger partial charge on any atom is 0.267 e. The Hall–Kier alpha value is -2.79. The van der Waals surface area contributed by atoms with Gasteiger partial charge < -0.3 is 4.57 Å². The Kier molecular flexibility index (Phi) is 5.68. The largest absolute Gasteiger partial charge is 0.347 e. The quantitative estimate of drug-likeness (QED) is 0.424. The SMILES string of the molecule is Cc1c(/C=C2\SC(=Nc3ccccc3)N([C@@H]3CCCC[C@H]3C)C2=O)c2ccccc2n1C. The molecule has 2 aromatic carbocycles. The molecule has 4 nitrogen and oxygen atoms in total. The molecular formula is C27H29N3OS. The molecule has 2 aliphatic rings. The zero-order valence-electron chi connectivity index (χ0n) is 18.9. The van der Waals surface area contributed by atoms with E-state index in [1.54, 1.807) is 0 Å². The van der Waals surface area contributed by atoms with Crippen LogP contribution < -0.4 is 0 Å². The highest BCUT2D eigenvalue weighted by molar-refractivity contribution is 8.18. The van der Waals surface area contributed by atoms with Crippen molar-refractivity contribution >= 4 is 45.5 Å². The molecule has 0 spiro atoms. The number of amidine groups is 1. The number of rotatable bonds is 3. The zero-order valence-corrected chi connectivity index (χ0v) is 19.7. The molecule has 0 bridgehead atoms. The van der Waals surface area contributed by atoms with Crippen LogP contribution >= 0.6 is 11.8 Å². The van der Waals surface area contributed by atoms with Gasteiger partial charge >= 0.3 is 0 Å². The van der Waals surface area contributed by atoms with Crippen LogP contribution in [0.1, 0.15) is 43.9 Å². The average Bonchev–Trinajstić information content (AvgIpc) is 3.24. The molecule has 0 radical (unpaired) electrons. The van der Waals surface area contributed by atoms with E-state index in [-0.39, 0.29) is 11.9 Å². The Labute approximate surface area is 194 Å². The lowest BCUT2D eigenvalue weighted by atomic mass is 9.85. The number of thioether (sulfide) groups is 1. The van der Waals surface area contributed by atoms with Crippen molar-refractivity contribution < 1.29 is 4.79 Å². The van der Waals surface area contributed by atoms with E-state index in [4.69, 9.17) is 4.99 Å². The van der Waals surface area contributed by atoms with Gasteiger partial charge in [0.05, 0.1) is 10.6 Å². The van der Waals surface area contributed by atoms with Gasteiger partial charge in [0.15, 0.2) is 5.17 Å². The Morgan fingerprint density at radius 2 is 1.75 bits per heavy atom. The highest BCUT2D eigenvalue weighted by atomic mass is 32.2. The molecule has 0 unspecified atom stereocenters. The van der Waals surface area contributed by atoms with Crippen molar-refractivity contribution in [2.24, 2.45) is 18.0 Å². The van der Waals surface area contributed by atoms with Crippen LogP contribution in [0.2, 0.25) is 0 Å². The lowest BCUT2D eigenvalue weighted by molar-refractivity contribution is -0.124. The third-order valence-electron chi connectivity index (χ3n) is 6.94. The van der Waals surface area contributed by atoms with Crippen LogP contribution in [0.5, 0.6) is 0 Å². The van der Waals surface area contributed by atoms with Crippen molar-refractivity contribution in [2.45, 2.75) is 45.6 Å². The number of carbonyl (C=O) groups is 1. The summed E-state index contributed by atoms with van der Waals surface area (Å²) in [5, 5.41) is 1.99. The lowest BCUT2D eigenvalue weighted by Gasteiger charge is -2.35. The van der Waals surface area contributed by atoms with Crippen LogP contribution in [0.4, 0.5) is 5.69 Å². The molecule has 1 saturated carbocycles. The normalized spacial score (nSPS) is 24.2. The number of amides is 1. The molecule has 1 aliphatic carbocycles. The topological polar surface area (TPSA) is 37.6 Å². The molecule has 1 aliphatic heterocycles. The maximum atomic E-state index is 13.8. The van der Waals surface area contributed by atoms with Crippen LogP contribution in [0.15, 0.2) is 64.5 Å². The minimum atomic E-state index is 0.0933. The van der Waals surface area contributed by atoms with E-state index < -0.39 is 0 Å². The predicted octanol–water partition coefficient (Wildman–Crippen LogP) is 6.67. The smallest absolute Gasteiger partial charge is 0.267 e. The van der Waals surface area contributed by atoms with Gasteiger partial charge in [0, 0.05) is 35.2 Å². The van der Waals surface area contributed by atoms with E-state index in [2.05, 4.69) is 55.8 Å². The van der Waals surface area contributed by atoms with Gasteiger partial charge in [0.1, 0.15) is 0 Å². The summed E-state index contributed by atoms with van der Waals surface area (Å²) < 4.78 is 2.20. The molecule has 3 aromatic rings. The molecule has 5 heteroatoms. The molecule has 5 rings (SSSR count). The van der Waals surface area contributed by atoms with Gasteiger partial charge in [-0.25, -0.2) is 4.99 Å². The monoisotopic (exact) mass is 443 g/mol. The van der Waals surface area contributed by atoms with Gasteiger partial charge in [0.2, 0.25) is 0 Å². The van der Waals surface area contributed by atoms with Crippen LogP contribution in [0, 0.1) is 12.8 Å². The fourth-order valence-electron chi connectivity index (χ4n) is 5.01. The number of hydrogen-bond donors (Lipinski definition) is 0. The fraction of sp³-hybridized carbons (Fsp3) is 0.333. The lowest BCUT2D eigenvalue weighted by Crippen LogP contribution is -2.44. The second-order valence-corrected chi connectivity index (χ2v) is 9.93. The van der Waals surface area contributed by atoms with Gasteiger partial charge in [-0.2, -0.15) is 0 Å². The predicted molar refractivity (Wildman–Crippen MR) is 135 cm³/mol. The van der Waals surface area contributed by atoms with Crippen molar-refractivity contribution in [2.75, 3.05) is 0 Å². The van der Waals surface area contributed by atoms with Gasteiger partial charge in [-0.1, -0.05) is 56.2 Å². The summed E-state index contributed by atoms with van der Waals surface area (Å²) in [4.78, 5) is 21.4. The van der Waals surface area contributed by atoms with E-state index in [1.807, 2.05) is 35.2 Å². The zero-order chi connectivity index (χ0) is 22.2. The van der Waals surface area contributed by atoms with Gasteiger partial charge in [0.25, 0.3) is 5.91 Å². The summed E-state index contributed by atoms with van der Waals surface area (Å²) in [6, 6.07) is 18.6. The number of nitrogens with zero attached hydrogens (tertiary/aromatic N) is 3. The summed E-state index contributed by atoms with van der Waals surface area (Å²) in [5.74, 6) is 0.573. The van der Waals surface area contributed by atoms with Gasteiger partial charge in [-0.15, -0.1) is 0 Å². The average molecular weight is 444 g/mol. The van der Waals surface area contributed by atoms with Crippen LogP contribution in [0.3, 0.4) is 0 Å². The van der Waals surface area contributed by atoms with E-state index in [0.717, 1.165) is 33.4 Å². The van der Waals surface area contributed by atoms with Crippen LogP contribution in [-0.2, 0) is 11.8 Å². The third kappa shape index (κ3) is 3.69. The molecule has 1 aromatic heterocycles. The first-order chi connectivity index (χ1) is 15.5. The Balaban J connectivity index is 1.60. The molecule has 2 heterocycles. The number of fused-ring (bicyclic) bond motifs is 1. The van der Waals surface area contributed by atoms with E-state index >= 15 is 0 Å². The highest BCUT2D eigenvalue weighted by Crippen LogP contribution is 2.41. The third-order valence-corrected chi connectivity index (χ3v) is 7.92. The van der Waals surface area contributed by atoms with Crippen molar-refractivity contribution in [1.82, 2.24) is 9.47 Å². The van der Waals surface area contributed by atoms with E-state index in [1.165, 1.54) is 41.9 Å². The summed E-state index contributed by atoms with van der Waals surface area (Å²) in [7, 11) is 2.08. The molecular weight excluding hydrogens is 414 g/mol. The Morgan fingerprint density at radius 1 is 1.03 bits per heavy atom. The van der Waals surface area contributed by atoms with E-state index in [0.29, 0.717) is 5.92 Å². The summed E-state index contributed by atoms with van der Waals surface area (Å²) in [6.07, 6.45) is 6.71. The van der Waals surface area contributed by atoms with Crippen molar-refractivity contribution in [3.05, 3.63) is 70.8 Å². The first-order valence-corrected chi connectivity index (χ1v) is 12.3. The summed E-state index contributed by atoms with van der Waals surface area (Å²) >= 11 is 1.52. The number of hydrogen-bond acceptors (Lipinski definition) is 3. The molecule has 1 amide bonds. The molecule has 2 atom stereocenters. The highest BCUT2D eigenvalue weighted by Gasteiger charge is 2.41. The van der Waals surface area contributed by atoms with Crippen molar-refractivity contribution in [3.63, 3.8) is 0 Å². The number of aromatic nitrogens is 1. The van der Waals surface area contributed by atoms with E-state index in [9.17, 15) is 4.79 Å². The minimum absolute atomic E-state index is 0.0933. The van der Waals surface area contributed by atoms with Gasteiger partial charge in [-0.3, -0.25) is 9.69 Å². The molecule has 0 N–H and O–H groups in total. The summed E-state index contributed by atoms with van der Waals surface area (Å²) in [6.45, 7) is 4.40. The van der Waals surface area contributed by atoms with Crippen molar-refractivity contribution in [3.8, 4) is 0 Å². The summed E-state index contributed by atoms with van der Waals surface area (Å²) in [5.41, 5.74) is 4.36.